The van der Waals surface area contributed by atoms with Gasteiger partial charge in [0.1, 0.15) is 17.0 Å². The Morgan fingerprint density at radius 1 is 1.56 bits per heavy atom. The molecule has 0 amide bonds. The van der Waals surface area contributed by atoms with Crippen LogP contribution >= 0.6 is 11.6 Å². The molecule has 0 aromatic carbocycles. The van der Waals surface area contributed by atoms with E-state index in [1.54, 1.807) is 6.07 Å². The Hall–Kier alpha value is -1.88. The molecule has 2 aromatic rings. The molecule has 0 unspecified atom stereocenters. The maximum absolute atomic E-state index is 11.0. The maximum atomic E-state index is 11.0. The van der Waals surface area contributed by atoms with Crippen LogP contribution in [0.15, 0.2) is 23.0 Å². The van der Waals surface area contributed by atoms with Gasteiger partial charge >= 0.3 is 5.97 Å². The summed E-state index contributed by atoms with van der Waals surface area (Å²) in [6, 6.07) is 1.59. The lowest BCUT2D eigenvalue weighted by Gasteiger charge is -1.99. The summed E-state index contributed by atoms with van der Waals surface area (Å²) in [6.07, 6.45) is 2.93. The van der Waals surface area contributed by atoms with Crippen LogP contribution in [0.2, 0.25) is 5.02 Å². The van der Waals surface area contributed by atoms with Gasteiger partial charge in [-0.3, -0.25) is 4.98 Å². The molecule has 0 spiro atoms. The molecule has 0 bridgehead atoms. The molecular weight excluding hydrogens is 232 g/mol. The van der Waals surface area contributed by atoms with E-state index >= 15 is 0 Å². The summed E-state index contributed by atoms with van der Waals surface area (Å²) in [6.45, 7) is 1.54. The first-order chi connectivity index (χ1) is 7.61. The molecule has 2 heterocycles. The van der Waals surface area contributed by atoms with E-state index in [1.165, 1.54) is 19.3 Å². The lowest BCUT2D eigenvalue weighted by Crippen LogP contribution is -1.99. The van der Waals surface area contributed by atoms with E-state index < -0.39 is 5.97 Å². The molecule has 0 atom stereocenters. The molecule has 0 aliphatic heterocycles. The lowest BCUT2D eigenvalue weighted by atomic mass is 10.1. The Kier molecular flexibility index (Phi) is 2.62. The van der Waals surface area contributed by atoms with Crippen LogP contribution in [0.4, 0.5) is 0 Å². The van der Waals surface area contributed by atoms with Gasteiger partial charge in [-0.1, -0.05) is 16.8 Å². The molecule has 1 N–H and O–H groups in total. The van der Waals surface area contributed by atoms with Crippen molar-refractivity contribution >= 4 is 17.6 Å². The molecule has 2 rings (SSSR count). The van der Waals surface area contributed by atoms with E-state index in [-0.39, 0.29) is 17.0 Å². The van der Waals surface area contributed by atoms with E-state index in [0.717, 1.165) is 0 Å². The zero-order valence-electron chi connectivity index (χ0n) is 8.27. The van der Waals surface area contributed by atoms with Gasteiger partial charge in [0.15, 0.2) is 0 Å². The Labute approximate surface area is 95.7 Å². The van der Waals surface area contributed by atoms with Crippen LogP contribution < -0.4 is 0 Å². The van der Waals surface area contributed by atoms with Crippen molar-refractivity contribution in [3.8, 4) is 11.3 Å². The van der Waals surface area contributed by atoms with Crippen LogP contribution in [-0.4, -0.2) is 21.2 Å². The van der Waals surface area contributed by atoms with Gasteiger partial charge in [-0.25, -0.2) is 4.79 Å². The predicted octanol–water partition coefficient (Wildman–Crippen LogP) is 2.40. The van der Waals surface area contributed by atoms with Gasteiger partial charge < -0.3 is 9.63 Å². The minimum absolute atomic E-state index is 0.0214. The Balaban J connectivity index is 2.66. The molecular formula is C10H7ClN2O3. The van der Waals surface area contributed by atoms with Crippen molar-refractivity contribution in [3.63, 3.8) is 0 Å². The zero-order chi connectivity index (χ0) is 11.7. The number of carboxylic acid groups (broad SMARTS) is 1. The summed E-state index contributed by atoms with van der Waals surface area (Å²) in [4.78, 5) is 14.8. The van der Waals surface area contributed by atoms with Gasteiger partial charge in [0.25, 0.3) is 0 Å². The van der Waals surface area contributed by atoms with Crippen molar-refractivity contribution in [1.29, 1.82) is 0 Å². The molecule has 2 aromatic heterocycles. The third-order valence-electron chi connectivity index (χ3n) is 2.10. The second-order valence-corrected chi connectivity index (χ2v) is 3.53. The Bertz CT molecular complexity index is 551. The van der Waals surface area contributed by atoms with E-state index in [4.69, 9.17) is 21.2 Å². The summed E-state index contributed by atoms with van der Waals surface area (Å²) in [7, 11) is 0. The van der Waals surface area contributed by atoms with Gasteiger partial charge in [0.05, 0.1) is 5.02 Å². The van der Waals surface area contributed by atoms with E-state index in [1.807, 2.05) is 0 Å². The van der Waals surface area contributed by atoms with Gasteiger partial charge in [-0.2, -0.15) is 0 Å². The normalized spacial score (nSPS) is 10.4. The van der Waals surface area contributed by atoms with Crippen molar-refractivity contribution in [2.75, 3.05) is 0 Å². The summed E-state index contributed by atoms with van der Waals surface area (Å²) in [5, 5.41) is 13.1. The van der Waals surface area contributed by atoms with E-state index in [0.29, 0.717) is 10.6 Å². The average Bonchev–Trinajstić information content (AvgIpc) is 2.61. The highest BCUT2D eigenvalue weighted by atomic mass is 35.5. The highest BCUT2D eigenvalue weighted by Crippen LogP contribution is 2.30. The number of aromatic nitrogens is 2. The van der Waals surface area contributed by atoms with Gasteiger partial charge in [-0.05, 0) is 13.0 Å². The smallest absolute Gasteiger partial charge is 0.341 e. The van der Waals surface area contributed by atoms with E-state index in [2.05, 4.69) is 10.1 Å². The molecule has 0 aliphatic rings. The molecule has 0 radical (unpaired) electrons. The van der Waals surface area contributed by atoms with Crippen molar-refractivity contribution < 1.29 is 14.4 Å². The number of aromatic carboxylic acids is 1. The topological polar surface area (TPSA) is 76.2 Å². The Morgan fingerprint density at radius 3 is 2.94 bits per heavy atom. The zero-order valence-corrected chi connectivity index (χ0v) is 9.02. The minimum Gasteiger partial charge on any atom is -0.477 e. The van der Waals surface area contributed by atoms with E-state index in [9.17, 15) is 4.79 Å². The summed E-state index contributed by atoms with van der Waals surface area (Å²) in [5.41, 5.74) is 0.733. The van der Waals surface area contributed by atoms with Crippen LogP contribution in [0.25, 0.3) is 11.3 Å². The first-order valence-electron chi connectivity index (χ1n) is 4.40. The van der Waals surface area contributed by atoms with Crippen LogP contribution in [0.3, 0.4) is 0 Å². The number of halogens is 1. The van der Waals surface area contributed by atoms with Crippen LogP contribution in [0, 0.1) is 6.92 Å². The van der Waals surface area contributed by atoms with Gasteiger partial charge in [0.2, 0.25) is 0 Å². The van der Waals surface area contributed by atoms with Crippen molar-refractivity contribution in [2.24, 2.45) is 0 Å². The number of nitrogens with zero attached hydrogens (tertiary/aromatic N) is 2. The third-order valence-corrected chi connectivity index (χ3v) is 2.41. The Morgan fingerprint density at radius 2 is 2.31 bits per heavy atom. The number of hydrogen-bond donors (Lipinski definition) is 1. The van der Waals surface area contributed by atoms with Crippen LogP contribution in [-0.2, 0) is 0 Å². The number of carbonyl (C=O) groups is 1. The average molecular weight is 239 g/mol. The summed E-state index contributed by atoms with van der Waals surface area (Å²) in [5.74, 6) is -0.850. The molecule has 5 nitrogen and oxygen atoms in total. The second kappa shape index (κ2) is 3.94. The SMILES string of the molecule is Cc1onc(-c2ccncc2Cl)c1C(=O)O. The van der Waals surface area contributed by atoms with Gasteiger partial charge in [0, 0.05) is 18.0 Å². The number of pyridine rings is 1. The summed E-state index contributed by atoms with van der Waals surface area (Å²) >= 11 is 5.91. The van der Waals surface area contributed by atoms with Crippen molar-refractivity contribution in [3.05, 3.63) is 34.8 Å². The monoisotopic (exact) mass is 238 g/mol. The highest BCUT2D eigenvalue weighted by Gasteiger charge is 2.22. The molecule has 6 heteroatoms. The molecule has 82 valence electrons. The fourth-order valence-electron chi connectivity index (χ4n) is 1.38. The lowest BCUT2D eigenvalue weighted by molar-refractivity contribution is 0.0696. The minimum atomic E-state index is -1.10. The highest BCUT2D eigenvalue weighted by molar-refractivity contribution is 6.33. The number of rotatable bonds is 2. The fourth-order valence-corrected chi connectivity index (χ4v) is 1.58. The number of aryl methyl sites for hydroxylation is 1. The number of hydrogen-bond acceptors (Lipinski definition) is 4. The largest absolute Gasteiger partial charge is 0.477 e. The van der Waals surface area contributed by atoms with Crippen LogP contribution in [0.1, 0.15) is 16.1 Å². The standard InChI is InChI=1S/C10H7ClN2O3/c1-5-8(10(14)15)9(13-16-5)6-2-3-12-4-7(6)11/h2-4H,1H3,(H,14,15). The predicted molar refractivity (Wildman–Crippen MR) is 56.4 cm³/mol. The van der Waals surface area contributed by atoms with Crippen molar-refractivity contribution in [1.82, 2.24) is 10.1 Å². The van der Waals surface area contributed by atoms with Crippen molar-refractivity contribution in [2.45, 2.75) is 6.92 Å². The maximum Gasteiger partial charge on any atom is 0.341 e. The van der Waals surface area contributed by atoms with Gasteiger partial charge in [-0.15, -0.1) is 0 Å². The second-order valence-electron chi connectivity index (χ2n) is 3.12. The molecule has 0 fully saturated rings. The molecule has 0 saturated heterocycles. The molecule has 16 heavy (non-hydrogen) atoms. The van der Waals surface area contributed by atoms with Crippen LogP contribution in [0.5, 0.6) is 0 Å². The molecule has 0 aliphatic carbocycles. The first-order valence-corrected chi connectivity index (χ1v) is 4.78. The summed E-state index contributed by atoms with van der Waals surface area (Å²) < 4.78 is 4.86. The molecule has 0 saturated carbocycles. The third kappa shape index (κ3) is 1.65. The fraction of sp³-hybridized carbons (Fsp3) is 0.100. The quantitative estimate of drug-likeness (QED) is 0.869. The number of carboxylic acids is 1. The first kappa shape index (κ1) is 10.6.